The highest BCUT2D eigenvalue weighted by atomic mass is 19.1. The minimum absolute atomic E-state index is 0.0434. The number of halogens is 2. The number of nitrogens with one attached hydrogen (secondary N) is 1. The molecular weight excluding hydrogens is 200 g/mol. The predicted molar refractivity (Wildman–Crippen MR) is 54.7 cm³/mol. The molecule has 2 nitrogen and oxygen atoms in total. The maximum atomic E-state index is 13.7. The molecule has 0 bridgehead atoms. The van der Waals surface area contributed by atoms with Gasteiger partial charge in [-0.2, -0.15) is 0 Å². The van der Waals surface area contributed by atoms with Gasteiger partial charge in [0.25, 0.3) is 0 Å². The van der Waals surface area contributed by atoms with Crippen molar-refractivity contribution in [2.75, 3.05) is 13.6 Å². The molecule has 0 saturated heterocycles. The summed E-state index contributed by atoms with van der Waals surface area (Å²) in [6.07, 6.45) is -1.02. The van der Waals surface area contributed by atoms with Gasteiger partial charge in [0.15, 0.2) is 0 Å². The van der Waals surface area contributed by atoms with Gasteiger partial charge in [0.05, 0.1) is 6.10 Å². The summed E-state index contributed by atoms with van der Waals surface area (Å²) in [4.78, 5) is 0. The van der Waals surface area contributed by atoms with E-state index in [1.165, 1.54) is 13.8 Å². The van der Waals surface area contributed by atoms with Gasteiger partial charge in [-0.15, -0.1) is 0 Å². The molecule has 1 unspecified atom stereocenters. The van der Waals surface area contributed by atoms with Gasteiger partial charge in [-0.1, -0.05) is 0 Å². The third kappa shape index (κ3) is 2.33. The van der Waals surface area contributed by atoms with E-state index in [-0.39, 0.29) is 23.2 Å². The Labute approximate surface area is 87.9 Å². The molecule has 84 valence electrons. The molecule has 0 aromatic heterocycles. The molecule has 0 radical (unpaired) electrons. The fourth-order valence-corrected chi connectivity index (χ4v) is 1.56. The third-order valence-corrected chi connectivity index (χ3v) is 2.42. The zero-order valence-corrected chi connectivity index (χ0v) is 9.06. The Bertz CT molecular complexity index is 340. The van der Waals surface area contributed by atoms with Crippen molar-refractivity contribution >= 4 is 0 Å². The minimum Gasteiger partial charge on any atom is -0.387 e. The van der Waals surface area contributed by atoms with Crippen LogP contribution in [0.25, 0.3) is 0 Å². The Morgan fingerprint density at radius 2 is 2.00 bits per heavy atom. The van der Waals surface area contributed by atoms with Crippen LogP contribution in [0.15, 0.2) is 6.07 Å². The quantitative estimate of drug-likeness (QED) is 0.806. The Hall–Kier alpha value is -1.00. The van der Waals surface area contributed by atoms with Crippen LogP contribution in [0.5, 0.6) is 0 Å². The van der Waals surface area contributed by atoms with Crippen LogP contribution >= 0.6 is 0 Å². The Balaban J connectivity index is 3.26. The van der Waals surface area contributed by atoms with E-state index in [1.54, 1.807) is 7.05 Å². The SMILES string of the molecule is CNCC(O)c1c(C)c(F)cc(C)c1F. The summed E-state index contributed by atoms with van der Waals surface area (Å²) < 4.78 is 27.0. The van der Waals surface area contributed by atoms with Gasteiger partial charge < -0.3 is 10.4 Å². The monoisotopic (exact) mass is 215 g/mol. The molecule has 1 aromatic rings. The lowest BCUT2D eigenvalue weighted by atomic mass is 9.99. The average molecular weight is 215 g/mol. The molecule has 4 heteroatoms. The average Bonchev–Trinajstić information content (AvgIpc) is 2.16. The lowest BCUT2D eigenvalue weighted by molar-refractivity contribution is 0.171. The number of rotatable bonds is 3. The Kier molecular flexibility index (Phi) is 3.77. The fourth-order valence-electron chi connectivity index (χ4n) is 1.56. The topological polar surface area (TPSA) is 32.3 Å². The van der Waals surface area contributed by atoms with Crippen molar-refractivity contribution in [1.29, 1.82) is 0 Å². The van der Waals surface area contributed by atoms with Crippen LogP contribution < -0.4 is 5.32 Å². The molecule has 0 spiro atoms. The van der Waals surface area contributed by atoms with E-state index < -0.39 is 17.7 Å². The first-order chi connectivity index (χ1) is 6.99. The zero-order chi connectivity index (χ0) is 11.6. The molecule has 0 amide bonds. The summed E-state index contributed by atoms with van der Waals surface area (Å²) in [6.45, 7) is 3.14. The van der Waals surface area contributed by atoms with Crippen molar-refractivity contribution in [2.45, 2.75) is 20.0 Å². The van der Waals surface area contributed by atoms with E-state index in [0.29, 0.717) is 0 Å². The van der Waals surface area contributed by atoms with Crippen molar-refractivity contribution in [3.8, 4) is 0 Å². The molecule has 15 heavy (non-hydrogen) atoms. The van der Waals surface area contributed by atoms with E-state index in [1.807, 2.05) is 0 Å². The molecule has 0 fully saturated rings. The van der Waals surface area contributed by atoms with Crippen LogP contribution in [-0.2, 0) is 0 Å². The number of hydrogen-bond donors (Lipinski definition) is 2. The van der Waals surface area contributed by atoms with Crippen LogP contribution in [0.3, 0.4) is 0 Å². The highest BCUT2D eigenvalue weighted by Gasteiger charge is 2.19. The number of likely N-dealkylation sites (N-methyl/N-ethyl adjacent to an activating group) is 1. The van der Waals surface area contributed by atoms with Crippen molar-refractivity contribution < 1.29 is 13.9 Å². The number of hydrogen-bond acceptors (Lipinski definition) is 2. The number of aryl methyl sites for hydroxylation is 1. The van der Waals surface area contributed by atoms with Crippen molar-refractivity contribution in [3.63, 3.8) is 0 Å². The Morgan fingerprint density at radius 1 is 1.40 bits per heavy atom. The molecule has 0 heterocycles. The van der Waals surface area contributed by atoms with Gasteiger partial charge in [-0.05, 0) is 38.1 Å². The molecule has 1 atom stereocenters. The molecule has 2 N–H and O–H groups in total. The highest BCUT2D eigenvalue weighted by Crippen LogP contribution is 2.25. The van der Waals surface area contributed by atoms with Gasteiger partial charge in [0, 0.05) is 12.1 Å². The van der Waals surface area contributed by atoms with Gasteiger partial charge >= 0.3 is 0 Å². The number of aliphatic hydroxyl groups excluding tert-OH is 1. The third-order valence-electron chi connectivity index (χ3n) is 2.42. The first-order valence-electron chi connectivity index (χ1n) is 4.76. The first-order valence-corrected chi connectivity index (χ1v) is 4.76. The lowest BCUT2D eigenvalue weighted by Gasteiger charge is -2.16. The smallest absolute Gasteiger partial charge is 0.132 e. The maximum Gasteiger partial charge on any atom is 0.132 e. The molecule has 0 saturated carbocycles. The normalized spacial score (nSPS) is 12.9. The summed E-state index contributed by atoms with van der Waals surface area (Å²) in [7, 11) is 1.64. The summed E-state index contributed by atoms with van der Waals surface area (Å²) in [6, 6.07) is 1.14. The molecule has 0 aliphatic heterocycles. The zero-order valence-electron chi connectivity index (χ0n) is 9.06. The van der Waals surface area contributed by atoms with Crippen LogP contribution in [0.1, 0.15) is 22.8 Å². The Morgan fingerprint density at radius 3 is 2.53 bits per heavy atom. The second-order valence-corrected chi connectivity index (χ2v) is 3.60. The molecular formula is C11H15F2NO. The second kappa shape index (κ2) is 4.68. The molecule has 0 aliphatic rings. The van der Waals surface area contributed by atoms with E-state index in [0.717, 1.165) is 6.07 Å². The summed E-state index contributed by atoms with van der Waals surface area (Å²) in [5, 5.41) is 12.4. The van der Waals surface area contributed by atoms with Gasteiger partial charge in [0.1, 0.15) is 11.6 Å². The summed E-state index contributed by atoms with van der Waals surface area (Å²) in [5.74, 6) is -1.02. The molecule has 0 aliphatic carbocycles. The van der Waals surface area contributed by atoms with E-state index in [4.69, 9.17) is 0 Å². The fraction of sp³-hybridized carbons (Fsp3) is 0.455. The van der Waals surface area contributed by atoms with E-state index in [9.17, 15) is 13.9 Å². The predicted octanol–water partition coefficient (Wildman–Crippen LogP) is 1.83. The van der Waals surface area contributed by atoms with Crippen LogP contribution in [0.2, 0.25) is 0 Å². The van der Waals surface area contributed by atoms with Gasteiger partial charge in [-0.3, -0.25) is 0 Å². The van der Waals surface area contributed by atoms with Gasteiger partial charge in [-0.25, -0.2) is 8.78 Å². The minimum atomic E-state index is -1.02. The molecule has 1 aromatic carbocycles. The van der Waals surface area contributed by atoms with E-state index in [2.05, 4.69) is 5.32 Å². The van der Waals surface area contributed by atoms with E-state index >= 15 is 0 Å². The van der Waals surface area contributed by atoms with Gasteiger partial charge in [0.2, 0.25) is 0 Å². The standard InChI is InChI=1S/C11H15F2NO/c1-6-4-8(12)7(2)10(11(6)13)9(15)5-14-3/h4,9,14-15H,5H2,1-3H3. The molecule has 1 rings (SSSR count). The maximum absolute atomic E-state index is 13.7. The van der Waals surface area contributed by atoms with Crippen LogP contribution in [-0.4, -0.2) is 18.7 Å². The van der Waals surface area contributed by atoms with Crippen LogP contribution in [0, 0.1) is 25.5 Å². The summed E-state index contributed by atoms with van der Waals surface area (Å²) in [5.41, 5.74) is 0.422. The van der Waals surface area contributed by atoms with Crippen molar-refractivity contribution in [1.82, 2.24) is 5.32 Å². The second-order valence-electron chi connectivity index (χ2n) is 3.60. The van der Waals surface area contributed by atoms with Crippen molar-refractivity contribution in [2.24, 2.45) is 0 Å². The summed E-state index contributed by atoms with van der Waals surface area (Å²) >= 11 is 0. The lowest BCUT2D eigenvalue weighted by Crippen LogP contribution is -2.19. The largest absolute Gasteiger partial charge is 0.387 e. The number of aliphatic hydroxyl groups is 1. The van der Waals surface area contributed by atoms with Crippen LogP contribution in [0.4, 0.5) is 8.78 Å². The number of benzene rings is 1. The van der Waals surface area contributed by atoms with Crippen molar-refractivity contribution in [3.05, 3.63) is 34.4 Å². The highest BCUT2D eigenvalue weighted by molar-refractivity contribution is 5.35. The first kappa shape index (κ1) is 12.1.